The first kappa shape index (κ1) is 13.5. The molecule has 6 nitrogen and oxygen atoms in total. The third kappa shape index (κ3) is 2.59. The molecule has 0 bridgehead atoms. The average Bonchev–Trinajstić information content (AvgIpc) is 2.70. The van der Waals surface area contributed by atoms with Gasteiger partial charge in [0.15, 0.2) is 0 Å². The summed E-state index contributed by atoms with van der Waals surface area (Å²) < 4.78 is 26.7. The zero-order valence-corrected chi connectivity index (χ0v) is 11.1. The second-order valence-corrected chi connectivity index (χ2v) is 6.01. The van der Waals surface area contributed by atoms with Crippen LogP contribution in [0.5, 0.6) is 0 Å². The van der Waals surface area contributed by atoms with Crippen LogP contribution in [0.3, 0.4) is 0 Å². The molecule has 1 N–H and O–H groups in total. The fraction of sp³-hybridized carbons (Fsp3) is 0.333. The van der Waals surface area contributed by atoms with Gasteiger partial charge in [0.1, 0.15) is 12.1 Å². The van der Waals surface area contributed by atoms with Gasteiger partial charge in [-0.25, -0.2) is 8.42 Å². The Morgan fingerprint density at radius 3 is 2.68 bits per heavy atom. The maximum Gasteiger partial charge on any atom is 0.242 e. The lowest BCUT2D eigenvalue weighted by Crippen LogP contribution is -2.40. The van der Waals surface area contributed by atoms with Crippen molar-refractivity contribution in [1.29, 1.82) is 5.26 Å². The Hall–Kier alpha value is -1.91. The fourth-order valence-electron chi connectivity index (χ4n) is 1.98. The predicted octanol–water partition coefficient (Wildman–Crippen LogP) is 0.0673. The standard InChI is InChI=1S/C12H13N3O3S/c1-15-7-6-10(12(15)16)14-19(17,18)11-5-3-2-4-9(11)8-13/h2-5,10,14H,6-7H2,1H3. The molecule has 1 atom stereocenters. The number of sulfonamides is 1. The van der Waals surface area contributed by atoms with Crippen LogP contribution in [0.4, 0.5) is 0 Å². The largest absolute Gasteiger partial charge is 0.344 e. The summed E-state index contributed by atoms with van der Waals surface area (Å²) in [6.45, 7) is 0.520. The molecule has 0 spiro atoms. The molecule has 1 fully saturated rings. The minimum atomic E-state index is -3.86. The molecule has 7 heteroatoms. The van der Waals surface area contributed by atoms with E-state index < -0.39 is 16.1 Å². The lowest BCUT2D eigenvalue weighted by atomic mass is 10.2. The highest BCUT2D eigenvalue weighted by molar-refractivity contribution is 7.89. The Balaban J connectivity index is 2.29. The topological polar surface area (TPSA) is 90.3 Å². The van der Waals surface area contributed by atoms with Crippen molar-refractivity contribution in [2.75, 3.05) is 13.6 Å². The highest BCUT2D eigenvalue weighted by atomic mass is 32.2. The summed E-state index contributed by atoms with van der Waals surface area (Å²) in [6, 6.07) is 6.99. The molecule has 19 heavy (non-hydrogen) atoms. The number of amides is 1. The maximum atomic E-state index is 12.2. The van der Waals surface area contributed by atoms with Crippen LogP contribution in [0.1, 0.15) is 12.0 Å². The molecular formula is C12H13N3O3S. The third-order valence-electron chi connectivity index (χ3n) is 3.02. The number of benzene rings is 1. The van der Waals surface area contributed by atoms with Gasteiger partial charge in [-0.1, -0.05) is 12.1 Å². The summed E-state index contributed by atoms with van der Waals surface area (Å²) in [5.41, 5.74) is 0.0637. The van der Waals surface area contributed by atoms with Crippen molar-refractivity contribution < 1.29 is 13.2 Å². The average molecular weight is 279 g/mol. The Bertz CT molecular complexity index is 648. The molecule has 1 unspecified atom stereocenters. The van der Waals surface area contributed by atoms with E-state index in [1.165, 1.54) is 23.1 Å². The van der Waals surface area contributed by atoms with Gasteiger partial charge in [0.05, 0.1) is 10.5 Å². The van der Waals surface area contributed by atoms with E-state index in [0.717, 1.165) is 0 Å². The molecule has 1 aromatic rings. The van der Waals surface area contributed by atoms with Gasteiger partial charge >= 0.3 is 0 Å². The first-order valence-corrected chi connectivity index (χ1v) is 7.20. The van der Waals surface area contributed by atoms with Gasteiger partial charge in [0, 0.05) is 13.6 Å². The second-order valence-electron chi connectivity index (χ2n) is 4.33. The molecule has 1 aromatic carbocycles. The molecule has 0 radical (unpaired) electrons. The van der Waals surface area contributed by atoms with Crippen molar-refractivity contribution >= 4 is 15.9 Å². The van der Waals surface area contributed by atoms with Gasteiger partial charge in [-0.3, -0.25) is 4.79 Å². The van der Waals surface area contributed by atoms with Crippen LogP contribution in [0.15, 0.2) is 29.2 Å². The van der Waals surface area contributed by atoms with Crippen LogP contribution < -0.4 is 4.72 Å². The Morgan fingerprint density at radius 1 is 1.42 bits per heavy atom. The molecule has 0 aliphatic carbocycles. The van der Waals surface area contributed by atoms with E-state index >= 15 is 0 Å². The first-order valence-electron chi connectivity index (χ1n) is 5.72. The Morgan fingerprint density at radius 2 is 2.11 bits per heavy atom. The molecular weight excluding hydrogens is 266 g/mol. The highest BCUT2D eigenvalue weighted by Crippen LogP contribution is 2.17. The normalized spacial score (nSPS) is 19.5. The van der Waals surface area contributed by atoms with Crippen molar-refractivity contribution in [2.45, 2.75) is 17.4 Å². The smallest absolute Gasteiger partial charge is 0.242 e. The lowest BCUT2D eigenvalue weighted by Gasteiger charge is -2.13. The number of nitrogens with zero attached hydrogens (tertiary/aromatic N) is 2. The van der Waals surface area contributed by atoms with Gasteiger partial charge in [0.25, 0.3) is 0 Å². The zero-order chi connectivity index (χ0) is 14.0. The van der Waals surface area contributed by atoms with E-state index in [2.05, 4.69) is 4.72 Å². The van der Waals surface area contributed by atoms with E-state index in [4.69, 9.17) is 5.26 Å². The molecule has 2 rings (SSSR count). The van der Waals surface area contributed by atoms with E-state index in [-0.39, 0.29) is 16.4 Å². The minimum Gasteiger partial charge on any atom is -0.344 e. The Kier molecular flexibility index (Phi) is 3.55. The highest BCUT2D eigenvalue weighted by Gasteiger charge is 2.33. The van der Waals surface area contributed by atoms with Crippen molar-refractivity contribution in [2.24, 2.45) is 0 Å². The van der Waals surface area contributed by atoms with Crippen LogP contribution in [0, 0.1) is 11.3 Å². The van der Waals surface area contributed by atoms with Crippen LogP contribution in [0.25, 0.3) is 0 Å². The van der Waals surface area contributed by atoms with Crippen molar-refractivity contribution in [3.8, 4) is 6.07 Å². The molecule has 1 aliphatic rings. The maximum absolute atomic E-state index is 12.2. The molecule has 1 saturated heterocycles. The number of nitrogens with one attached hydrogen (secondary N) is 1. The molecule has 1 amide bonds. The fourth-order valence-corrected chi connectivity index (χ4v) is 3.36. The number of likely N-dealkylation sites (N-methyl/N-ethyl adjacent to an activating group) is 1. The van der Waals surface area contributed by atoms with Crippen LogP contribution in [-0.4, -0.2) is 38.9 Å². The predicted molar refractivity (Wildman–Crippen MR) is 67.5 cm³/mol. The van der Waals surface area contributed by atoms with Crippen LogP contribution in [0.2, 0.25) is 0 Å². The summed E-state index contributed by atoms with van der Waals surface area (Å²) in [7, 11) is -2.24. The SMILES string of the molecule is CN1CCC(NS(=O)(=O)c2ccccc2C#N)C1=O. The summed E-state index contributed by atoms with van der Waals surface area (Å²) in [5.74, 6) is -0.252. The third-order valence-corrected chi connectivity index (χ3v) is 4.55. The molecule has 0 saturated carbocycles. The first-order chi connectivity index (χ1) is 8.95. The molecule has 100 valence electrons. The Labute approximate surface area is 111 Å². The summed E-state index contributed by atoms with van der Waals surface area (Å²) in [4.78, 5) is 13.1. The van der Waals surface area contributed by atoms with Gasteiger partial charge in [-0.2, -0.15) is 9.98 Å². The van der Waals surface area contributed by atoms with Crippen molar-refractivity contribution in [1.82, 2.24) is 9.62 Å². The van der Waals surface area contributed by atoms with Gasteiger partial charge in [-0.05, 0) is 18.6 Å². The summed E-state index contributed by atoms with van der Waals surface area (Å²) in [5, 5.41) is 8.92. The monoisotopic (exact) mass is 279 g/mol. The molecule has 0 aromatic heterocycles. The van der Waals surface area contributed by atoms with Crippen molar-refractivity contribution in [3.63, 3.8) is 0 Å². The van der Waals surface area contributed by atoms with E-state index in [9.17, 15) is 13.2 Å². The van der Waals surface area contributed by atoms with Crippen LogP contribution >= 0.6 is 0 Å². The van der Waals surface area contributed by atoms with Crippen molar-refractivity contribution in [3.05, 3.63) is 29.8 Å². The zero-order valence-electron chi connectivity index (χ0n) is 10.3. The van der Waals surface area contributed by atoms with Gasteiger partial charge < -0.3 is 4.90 Å². The minimum absolute atomic E-state index is 0.0637. The quantitative estimate of drug-likeness (QED) is 0.847. The number of nitriles is 1. The number of likely N-dealkylation sites (tertiary alicyclic amines) is 1. The molecule has 1 heterocycles. The van der Waals surface area contributed by atoms with Gasteiger partial charge in [0.2, 0.25) is 15.9 Å². The lowest BCUT2D eigenvalue weighted by molar-refractivity contribution is -0.127. The second kappa shape index (κ2) is 4.99. The summed E-state index contributed by atoms with van der Waals surface area (Å²) >= 11 is 0. The number of hydrogen-bond donors (Lipinski definition) is 1. The van der Waals surface area contributed by atoms with E-state index in [1.807, 2.05) is 6.07 Å². The van der Waals surface area contributed by atoms with E-state index in [1.54, 1.807) is 13.1 Å². The summed E-state index contributed by atoms with van der Waals surface area (Å²) in [6.07, 6.45) is 0.434. The number of carbonyl (C=O) groups is 1. The van der Waals surface area contributed by atoms with Gasteiger partial charge in [-0.15, -0.1) is 0 Å². The van der Waals surface area contributed by atoms with Crippen LogP contribution in [-0.2, 0) is 14.8 Å². The molecule has 1 aliphatic heterocycles. The van der Waals surface area contributed by atoms with E-state index in [0.29, 0.717) is 13.0 Å². The number of carbonyl (C=O) groups excluding carboxylic acids is 1. The number of hydrogen-bond acceptors (Lipinski definition) is 4. The number of rotatable bonds is 3.